The molecule has 2 saturated heterocycles. The van der Waals surface area contributed by atoms with Gasteiger partial charge in [-0.05, 0) is 25.3 Å². The van der Waals surface area contributed by atoms with Crippen molar-refractivity contribution in [2.45, 2.75) is 44.8 Å². The Kier molecular flexibility index (Phi) is 6.88. The van der Waals surface area contributed by atoms with Gasteiger partial charge in [0, 0.05) is 19.6 Å². The van der Waals surface area contributed by atoms with Gasteiger partial charge in [0.05, 0.1) is 12.6 Å². The summed E-state index contributed by atoms with van der Waals surface area (Å²) in [6, 6.07) is 8.78. The van der Waals surface area contributed by atoms with Gasteiger partial charge < -0.3 is 15.0 Å². The summed E-state index contributed by atoms with van der Waals surface area (Å²) in [7, 11) is 0. The maximum Gasteiger partial charge on any atom is 0.253 e. The SMILES string of the molecule is Cc1cccc(C2CCCCCN2C(=O)C2CNCCO2)c1.Cl. The van der Waals surface area contributed by atoms with Crippen LogP contribution in [-0.2, 0) is 9.53 Å². The summed E-state index contributed by atoms with van der Waals surface area (Å²) in [5.41, 5.74) is 2.52. The fourth-order valence-electron chi connectivity index (χ4n) is 3.51. The highest BCUT2D eigenvalue weighted by Gasteiger charge is 2.32. The monoisotopic (exact) mass is 338 g/mol. The Morgan fingerprint density at radius 1 is 1.30 bits per heavy atom. The molecule has 4 nitrogen and oxygen atoms in total. The van der Waals surface area contributed by atoms with Crippen LogP contribution in [0.5, 0.6) is 0 Å². The first-order valence-corrected chi connectivity index (χ1v) is 8.45. The van der Waals surface area contributed by atoms with Crippen molar-refractivity contribution in [2.24, 2.45) is 0 Å². The summed E-state index contributed by atoms with van der Waals surface area (Å²) < 4.78 is 5.69. The molecular weight excluding hydrogens is 312 g/mol. The molecule has 1 N–H and O–H groups in total. The number of likely N-dealkylation sites (tertiary alicyclic amines) is 1. The van der Waals surface area contributed by atoms with E-state index in [2.05, 4.69) is 41.4 Å². The largest absolute Gasteiger partial charge is 0.366 e. The Morgan fingerprint density at radius 2 is 2.17 bits per heavy atom. The lowest BCUT2D eigenvalue weighted by molar-refractivity contribution is -0.147. The Labute approximate surface area is 145 Å². The molecule has 0 bridgehead atoms. The molecule has 0 saturated carbocycles. The van der Waals surface area contributed by atoms with Gasteiger partial charge >= 0.3 is 0 Å². The van der Waals surface area contributed by atoms with E-state index in [1.54, 1.807) is 0 Å². The van der Waals surface area contributed by atoms with Gasteiger partial charge in [0.15, 0.2) is 0 Å². The van der Waals surface area contributed by atoms with Crippen LogP contribution in [0.3, 0.4) is 0 Å². The second kappa shape index (κ2) is 8.67. The van der Waals surface area contributed by atoms with E-state index >= 15 is 0 Å². The van der Waals surface area contributed by atoms with Crippen molar-refractivity contribution < 1.29 is 9.53 Å². The molecule has 0 aliphatic carbocycles. The summed E-state index contributed by atoms with van der Waals surface area (Å²) in [4.78, 5) is 15.0. The van der Waals surface area contributed by atoms with E-state index in [9.17, 15) is 4.79 Å². The van der Waals surface area contributed by atoms with E-state index in [0.717, 1.165) is 25.9 Å². The topological polar surface area (TPSA) is 41.6 Å². The zero-order chi connectivity index (χ0) is 15.4. The lowest BCUT2D eigenvalue weighted by Gasteiger charge is -2.34. The Balaban J connectivity index is 0.00000192. The lowest BCUT2D eigenvalue weighted by Crippen LogP contribution is -2.50. The highest BCUT2D eigenvalue weighted by Crippen LogP contribution is 2.31. The second-order valence-corrected chi connectivity index (χ2v) is 6.37. The predicted molar refractivity (Wildman–Crippen MR) is 94.0 cm³/mol. The van der Waals surface area contributed by atoms with Crippen LogP contribution < -0.4 is 5.32 Å². The third kappa shape index (κ3) is 4.46. The van der Waals surface area contributed by atoms with E-state index in [0.29, 0.717) is 13.2 Å². The summed E-state index contributed by atoms with van der Waals surface area (Å²) in [6.07, 6.45) is 4.21. The number of nitrogens with one attached hydrogen (secondary N) is 1. The number of morpholine rings is 1. The number of benzene rings is 1. The van der Waals surface area contributed by atoms with Crippen LogP contribution in [0.15, 0.2) is 24.3 Å². The van der Waals surface area contributed by atoms with Gasteiger partial charge in [0.1, 0.15) is 6.10 Å². The third-order valence-electron chi connectivity index (χ3n) is 4.67. The van der Waals surface area contributed by atoms with Crippen LogP contribution in [0.1, 0.15) is 42.9 Å². The Bertz CT molecular complexity index is 517. The van der Waals surface area contributed by atoms with E-state index in [1.807, 2.05) is 0 Å². The second-order valence-electron chi connectivity index (χ2n) is 6.37. The van der Waals surface area contributed by atoms with Crippen molar-refractivity contribution in [3.63, 3.8) is 0 Å². The number of aryl methyl sites for hydroxylation is 1. The number of amides is 1. The zero-order valence-corrected chi connectivity index (χ0v) is 14.6. The maximum atomic E-state index is 12.9. The number of hydrogen-bond donors (Lipinski definition) is 1. The molecule has 1 amide bonds. The Morgan fingerprint density at radius 3 is 2.91 bits per heavy atom. The number of ether oxygens (including phenoxy) is 1. The fourth-order valence-corrected chi connectivity index (χ4v) is 3.51. The molecule has 2 aliphatic rings. The quantitative estimate of drug-likeness (QED) is 0.901. The minimum Gasteiger partial charge on any atom is -0.366 e. The number of halogens is 1. The summed E-state index contributed by atoms with van der Waals surface area (Å²) in [5.74, 6) is 0.153. The number of hydrogen-bond acceptors (Lipinski definition) is 3. The molecule has 23 heavy (non-hydrogen) atoms. The Hall–Kier alpha value is -1.10. The van der Waals surface area contributed by atoms with Gasteiger partial charge in [-0.2, -0.15) is 0 Å². The maximum absolute atomic E-state index is 12.9. The molecule has 2 aliphatic heterocycles. The first-order chi connectivity index (χ1) is 10.8. The van der Waals surface area contributed by atoms with Gasteiger partial charge in [0.25, 0.3) is 5.91 Å². The molecule has 1 aromatic rings. The molecule has 128 valence electrons. The van der Waals surface area contributed by atoms with E-state index in [1.165, 1.54) is 24.0 Å². The molecule has 2 atom stereocenters. The number of rotatable bonds is 2. The van der Waals surface area contributed by atoms with E-state index in [4.69, 9.17) is 4.74 Å². The fraction of sp³-hybridized carbons (Fsp3) is 0.611. The molecule has 5 heteroatoms. The van der Waals surface area contributed by atoms with Crippen LogP contribution in [-0.4, -0.2) is 43.2 Å². The van der Waals surface area contributed by atoms with Crippen LogP contribution >= 0.6 is 12.4 Å². The van der Waals surface area contributed by atoms with Crippen molar-refractivity contribution in [1.29, 1.82) is 0 Å². The first kappa shape index (κ1) is 18.2. The molecule has 3 rings (SSSR count). The van der Waals surface area contributed by atoms with E-state index in [-0.39, 0.29) is 30.5 Å². The summed E-state index contributed by atoms with van der Waals surface area (Å²) in [5, 5.41) is 3.26. The van der Waals surface area contributed by atoms with Crippen LogP contribution in [0.2, 0.25) is 0 Å². The number of carbonyl (C=O) groups is 1. The van der Waals surface area contributed by atoms with Crippen molar-refractivity contribution >= 4 is 18.3 Å². The molecule has 0 radical (unpaired) electrons. The van der Waals surface area contributed by atoms with Crippen LogP contribution in [0.25, 0.3) is 0 Å². The lowest BCUT2D eigenvalue weighted by atomic mass is 9.98. The van der Waals surface area contributed by atoms with Crippen molar-refractivity contribution in [3.8, 4) is 0 Å². The average Bonchev–Trinajstić information content (AvgIpc) is 2.81. The van der Waals surface area contributed by atoms with Crippen LogP contribution in [0, 0.1) is 6.92 Å². The molecular formula is C18H27ClN2O2. The van der Waals surface area contributed by atoms with Crippen molar-refractivity contribution in [1.82, 2.24) is 10.2 Å². The molecule has 1 aromatic carbocycles. The predicted octanol–water partition coefficient (Wildman–Crippen LogP) is 2.85. The third-order valence-corrected chi connectivity index (χ3v) is 4.67. The summed E-state index contributed by atoms with van der Waals surface area (Å²) >= 11 is 0. The molecule has 2 unspecified atom stereocenters. The molecule has 2 heterocycles. The summed E-state index contributed by atoms with van der Waals surface area (Å²) in [6.45, 7) is 5.05. The molecule has 0 spiro atoms. The van der Waals surface area contributed by atoms with Gasteiger partial charge in [-0.3, -0.25) is 4.79 Å². The standard InChI is InChI=1S/C18H26N2O2.ClH/c1-14-6-5-7-15(12-14)16-8-3-2-4-10-20(16)18(21)17-13-19-9-11-22-17;/h5-7,12,16-17,19H,2-4,8-11,13H2,1H3;1H. The first-order valence-electron chi connectivity index (χ1n) is 8.45. The van der Waals surface area contributed by atoms with Gasteiger partial charge in [-0.25, -0.2) is 0 Å². The zero-order valence-electron chi connectivity index (χ0n) is 13.8. The number of carbonyl (C=O) groups excluding carboxylic acids is 1. The van der Waals surface area contributed by atoms with Gasteiger partial charge in [-0.1, -0.05) is 42.7 Å². The van der Waals surface area contributed by atoms with Crippen molar-refractivity contribution in [3.05, 3.63) is 35.4 Å². The highest BCUT2D eigenvalue weighted by atomic mass is 35.5. The average molecular weight is 339 g/mol. The van der Waals surface area contributed by atoms with Crippen LogP contribution in [0.4, 0.5) is 0 Å². The van der Waals surface area contributed by atoms with Gasteiger partial charge in [0.2, 0.25) is 0 Å². The molecule has 0 aromatic heterocycles. The van der Waals surface area contributed by atoms with E-state index < -0.39 is 0 Å². The van der Waals surface area contributed by atoms with Gasteiger partial charge in [-0.15, -0.1) is 12.4 Å². The highest BCUT2D eigenvalue weighted by molar-refractivity contribution is 5.85. The number of nitrogens with zero attached hydrogens (tertiary/aromatic N) is 1. The smallest absolute Gasteiger partial charge is 0.253 e. The van der Waals surface area contributed by atoms with Crippen molar-refractivity contribution in [2.75, 3.05) is 26.2 Å². The minimum absolute atomic E-state index is 0. The minimum atomic E-state index is -0.320. The molecule has 2 fully saturated rings. The normalized spacial score (nSPS) is 25.3.